The van der Waals surface area contributed by atoms with Gasteiger partial charge in [0, 0.05) is 0 Å². The summed E-state index contributed by atoms with van der Waals surface area (Å²) in [6, 6.07) is 8.24. The molecule has 0 radical (unpaired) electrons. The van der Waals surface area contributed by atoms with Crippen molar-refractivity contribution in [3.05, 3.63) is 41.0 Å². The van der Waals surface area contributed by atoms with Crippen molar-refractivity contribution in [2.45, 2.75) is 46.0 Å². The monoisotopic (exact) mass is 300 g/mol. The van der Waals surface area contributed by atoms with Crippen LogP contribution in [-0.2, 0) is 14.3 Å². The molecular formula is C19H24O3. The molecule has 1 aromatic rings. The van der Waals surface area contributed by atoms with Gasteiger partial charge in [0.2, 0.25) is 0 Å². The smallest absolute Gasteiger partial charge is 0.316 e. The van der Waals surface area contributed by atoms with Crippen LogP contribution in [0.2, 0.25) is 0 Å². The van der Waals surface area contributed by atoms with E-state index in [0.29, 0.717) is 18.9 Å². The van der Waals surface area contributed by atoms with Crippen molar-refractivity contribution in [3.8, 4) is 0 Å². The predicted octanol–water partition coefficient (Wildman–Crippen LogP) is 4.13. The molecule has 1 aromatic carbocycles. The van der Waals surface area contributed by atoms with Gasteiger partial charge < -0.3 is 4.74 Å². The topological polar surface area (TPSA) is 43.4 Å². The number of allylic oxidation sites excluding steroid dienone is 1. The maximum atomic E-state index is 12.5. The number of esters is 1. The lowest BCUT2D eigenvalue weighted by Gasteiger charge is -2.21. The molecule has 1 fully saturated rings. The van der Waals surface area contributed by atoms with E-state index in [0.717, 1.165) is 24.0 Å². The molecule has 1 aliphatic carbocycles. The van der Waals surface area contributed by atoms with Crippen LogP contribution in [-0.4, -0.2) is 18.4 Å². The highest BCUT2D eigenvalue weighted by atomic mass is 16.5. The summed E-state index contributed by atoms with van der Waals surface area (Å²) in [7, 11) is 0. The van der Waals surface area contributed by atoms with E-state index in [1.807, 2.05) is 18.2 Å². The molecule has 0 amide bonds. The Morgan fingerprint density at radius 3 is 2.59 bits per heavy atom. The van der Waals surface area contributed by atoms with Crippen molar-refractivity contribution in [2.24, 2.45) is 5.92 Å². The lowest BCUT2D eigenvalue weighted by atomic mass is 9.83. The van der Waals surface area contributed by atoms with Crippen LogP contribution in [0.4, 0.5) is 0 Å². The summed E-state index contributed by atoms with van der Waals surface area (Å²) in [6.45, 7) is 6.39. The fourth-order valence-electron chi connectivity index (χ4n) is 2.76. The first-order valence-corrected chi connectivity index (χ1v) is 8.04. The van der Waals surface area contributed by atoms with E-state index >= 15 is 0 Å². The zero-order valence-electron chi connectivity index (χ0n) is 13.6. The molecule has 0 saturated heterocycles. The Hall–Kier alpha value is -1.90. The van der Waals surface area contributed by atoms with Gasteiger partial charge in [-0.2, -0.15) is 0 Å². The van der Waals surface area contributed by atoms with E-state index in [1.54, 1.807) is 6.92 Å². The van der Waals surface area contributed by atoms with Crippen LogP contribution in [0.1, 0.15) is 57.1 Å². The molecule has 0 heterocycles. The Bertz CT molecular complexity index is 567. The molecule has 0 N–H and O–H groups in total. The molecular weight excluding hydrogens is 276 g/mol. The first-order valence-electron chi connectivity index (χ1n) is 8.04. The summed E-state index contributed by atoms with van der Waals surface area (Å²) < 4.78 is 5.01. The average Bonchev–Trinajstić information content (AvgIpc) is 2.50. The number of carbonyl (C=O) groups is 2. The van der Waals surface area contributed by atoms with E-state index in [-0.39, 0.29) is 11.8 Å². The summed E-state index contributed by atoms with van der Waals surface area (Å²) in [5, 5.41) is 0. The van der Waals surface area contributed by atoms with Crippen LogP contribution in [0.15, 0.2) is 29.8 Å². The number of Topliss-reactive ketones (excluding diaryl/α,β-unsaturated/α-hetero) is 1. The van der Waals surface area contributed by atoms with Crippen LogP contribution in [0.5, 0.6) is 0 Å². The second-order valence-electron chi connectivity index (χ2n) is 6.05. The molecule has 3 nitrogen and oxygen atoms in total. The number of ether oxygens (including phenoxy) is 1. The van der Waals surface area contributed by atoms with E-state index in [4.69, 9.17) is 4.74 Å². The summed E-state index contributed by atoms with van der Waals surface area (Å²) in [5.74, 6) is -0.577. The van der Waals surface area contributed by atoms with Gasteiger partial charge in [0.25, 0.3) is 0 Å². The number of benzene rings is 1. The van der Waals surface area contributed by atoms with Crippen LogP contribution < -0.4 is 0 Å². The Morgan fingerprint density at radius 1 is 1.32 bits per heavy atom. The number of rotatable bonds is 4. The Morgan fingerprint density at radius 2 is 2.00 bits per heavy atom. The third kappa shape index (κ3) is 3.85. The lowest BCUT2D eigenvalue weighted by molar-refractivity contribution is -0.151. The first-order chi connectivity index (χ1) is 10.5. The van der Waals surface area contributed by atoms with Crippen LogP contribution in [0.25, 0.3) is 6.08 Å². The van der Waals surface area contributed by atoms with Gasteiger partial charge in [-0.25, -0.2) is 0 Å². The third-order valence-corrected chi connectivity index (χ3v) is 4.09. The molecule has 0 aliphatic heterocycles. The second kappa shape index (κ2) is 7.39. The van der Waals surface area contributed by atoms with Crippen molar-refractivity contribution < 1.29 is 14.3 Å². The highest BCUT2D eigenvalue weighted by Crippen LogP contribution is 2.28. The van der Waals surface area contributed by atoms with E-state index in [2.05, 4.69) is 26.0 Å². The molecule has 118 valence electrons. The van der Waals surface area contributed by atoms with Crippen LogP contribution >= 0.6 is 0 Å². The molecule has 1 aliphatic rings. The van der Waals surface area contributed by atoms with Gasteiger partial charge in [-0.1, -0.05) is 38.1 Å². The van der Waals surface area contributed by atoms with Gasteiger partial charge in [0.05, 0.1) is 6.61 Å². The Kier molecular flexibility index (Phi) is 5.53. The molecule has 0 spiro atoms. The number of ketones is 1. The van der Waals surface area contributed by atoms with Gasteiger partial charge in [-0.05, 0) is 54.9 Å². The zero-order chi connectivity index (χ0) is 16.1. The summed E-state index contributed by atoms with van der Waals surface area (Å²) in [4.78, 5) is 24.3. The van der Waals surface area contributed by atoms with E-state index in [9.17, 15) is 9.59 Å². The molecule has 0 bridgehead atoms. The standard InChI is InChI=1S/C19H24O3/c1-4-22-19(21)17-7-5-6-16(18(17)20)12-14-8-10-15(11-9-14)13(2)3/h8-13,17H,4-7H2,1-3H3/b16-12-. The minimum atomic E-state index is -0.616. The second-order valence-corrected chi connectivity index (χ2v) is 6.05. The summed E-state index contributed by atoms with van der Waals surface area (Å²) in [6.07, 6.45) is 4.10. The molecule has 2 rings (SSSR count). The van der Waals surface area contributed by atoms with Crippen molar-refractivity contribution >= 4 is 17.8 Å². The van der Waals surface area contributed by atoms with Crippen molar-refractivity contribution in [3.63, 3.8) is 0 Å². The minimum absolute atomic E-state index is 0.0716. The Balaban J connectivity index is 2.16. The quantitative estimate of drug-likeness (QED) is 0.477. The fourth-order valence-corrected chi connectivity index (χ4v) is 2.76. The maximum Gasteiger partial charge on any atom is 0.316 e. The SMILES string of the molecule is CCOC(=O)C1CCC/C(=C/c2ccc(C(C)C)cc2)C1=O. The fraction of sp³-hybridized carbons (Fsp3) is 0.474. The molecule has 1 unspecified atom stereocenters. The van der Waals surface area contributed by atoms with Gasteiger partial charge in [0.1, 0.15) is 5.92 Å². The van der Waals surface area contributed by atoms with Crippen LogP contribution in [0.3, 0.4) is 0 Å². The average molecular weight is 300 g/mol. The highest BCUT2D eigenvalue weighted by molar-refractivity contribution is 6.11. The van der Waals surface area contributed by atoms with Gasteiger partial charge in [0.15, 0.2) is 5.78 Å². The minimum Gasteiger partial charge on any atom is -0.465 e. The summed E-state index contributed by atoms with van der Waals surface area (Å²) >= 11 is 0. The van der Waals surface area contributed by atoms with Crippen molar-refractivity contribution in [1.82, 2.24) is 0 Å². The number of hydrogen-bond acceptors (Lipinski definition) is 3. The highest BCUT2D eigenvalue weighted by Gasteiger charge is 2.33. The molecule has 0 aromatic heterocycles. The number of carbonyl (C=O) groups excluding carboxylic acids is 2. The van der Waals surface area contributed by atoms with Crippen molar-refractivity contribution in [1.29, 1.82) is 0 Å². The molecule has 22 heavy (non-hydrogen) atoms. The predicted molar refractivity (Wildman–Crippen MR) is 87.5 cm³/mol. The first kappa shape index (κ1) is 16.5. The van der Waals surface area contributed by atoms with Gasteiger partial charge in [-0.3, -0.25) is 9.59 Å². The zero-order valence-corrected chi connectivity index (χ0v) is 13.6. The van der Waals surface area contributed by atoms with E-state index < -0.39 is 5.92 Å². The third-order valence-electron chi connectivity index (χ3n) is 4.09. The summed E-state index contributed by atoms with van der Waals surface area (Å²) in [5.41, 5.74) is 3.03. The molecule has 1 atom stereocenters. The van der Waals surface area contributed by atoms with Gasteiger partial charge in [-0.15, -0.1) is 0 Å². The maximum absolute atomic E-state index is 12.5. The normalized spacial score (nSPS) is 20.5. The number of hydrogen-bond donors (Lipinski definition) is 0. The molecule has 3 heteroatoms. The van der Waals surface area contributed by atoms with Crippen molar-refractivity contribution in [2.75, 3.05) is 6.61 Å². The largest absolute Gasteiger partial charge is 0.465 e. The van der Waals surface area contributed by atoms with Crippen LogP contribution in [0, 0.1) is 5.92 Å². The van der Waals surface area contributed by atoms with Gasteiger partial charge >= 0.3 is 5.97 Å². The Labute approximate surface area is 132 Å². The lowest BCUT2D eigenvalue weighted by Crippen LogP contribution is -2.30. The molecule has 1 saturated carbocycles. The van der Waals surface area contributed by atoms with E-state index in [1.165, 1.54) is 5.56 Å².